The van der Waals surface area contributed by atoms with Gasteiger partial charge < -0.3 is 10.1 Å². The number of anilines is 1. The van der Waals surface area contributed by atoms with Gasteiger partial charge in [-0.2, -0.15) is 0 Å². The lowest BCUT2D eigenvalue weighted by molar-refractivity contribution is -0.145. The molecule has 3 nitrogen and oxygen atoms in total. The standard InChI is InChI=1S/C12H19NO2S/c1-8(12(14)15-4)5-10(3)13-11-7-16-6-9(11)2/h6-8,10,13H,5H2,1-4H3. The van der Waals surface area contributed by atoms with Gasteiger partial charge in [0.25, 0.3) is 0 Å². The largest absolute Gasteiger partial charge is 0.469 e. The maximum Gasteiger partial charge on any atom is 0.308 e. The second kappa shape index (κ2) is 5.89. The number of methoxy groups -OCH3 is 1. The molecule has 1 aromatic rings. The Balaban J connectivity index is 2.45. The highest BCUT2D eigenvalue weighted by Crippen LogP contribution is 2.21. The lowest BCUT2D eigenvalue weighted by atomic mass is 10.0. The van der Waals surface area contributed by atoms with Crippen LogP contribution >= 0.6 is 11.3 Å². The Kier molecular flexibility index (Phi) is 4.80. The number of hydrogen-bond acceptors (Lipinski definition) is 4. The van der Waals surface area contributed by atoms with Crippen LogP contribution in [0.2, 0.25) is 0 Å². The van der Waals surface area contributed by atoms with Crippen molar-refractivity contribution in [2.24, 2.45) is 5.92 Å². The lowest BCUT2D eigenvalue weighted by Crippen LogP contribution is -2.23. The van der Waals surface area contributed by atoms with Gasteiger partial charge in [-0.05, 0) is 31.2 Å². The van der Waals surface area contributed by atoms with Crippen LogP contribution in [0.1, 0.15) is 25.8 Å². The van der Waals surface area contributed by atoms with Crippen molar-refractivity contribution < 1.29 is 9.53 Å². The Morgan fingerprint density at radius 2 is 2.19 bits per heavy atom. The third-order valence-electron chi connectivity index (χ3n) is 2.57. The summed E-state index contributed by atoms with van der Waals surface area (Å²) in [6, 6.07) is 0.266. The number of rotatable bonds is 5. The van der Waals surface area contributed by atoms with Crippen LogP contribution in [-0.2, 0) is 9.53 Å². The van der Waals surface area contributed by atoms with Gasteiger partial charge in [0.1, 0.15) is 0 Å². The van der Waals surface area contributed by atoms with E-state index in [0.29, 0.717) is 0 Å². The minimum Gasteiger partial charge on any atom is -0.469 e. The van der Waals surface area contributed by atoms with Crippen molar-refractivity contribution in [2.75, 3.05) is 12.4 Å². The second-order valence-corrected chi connectivity index (χ2v) is 4.92. The molecule has 0 saturated heterocycles. The van der Waals surface area contributed by atoms with E-state index in [0.717, 1.165) is 12.1 Å². The minimum absolute atomic E-state index is 0.0635. The minimum atomic E-state index is -0.143. The van der Waals surface area contributed by atoms with E-state index in [2.05, 4.69) is 29.9 Å². The Morgan fingerprint density at radius 1 is 1.50 bits per heavy atom. The molecule has 0 aliphatic carbocycles. The molecule has 0 amide bonds. The number of hydrogen-bond donors (Lipinski definition) is 1. The molecule has 0 radical (unpaired) electrons. The topological polar surface area (TPSA) is 38.3 Å². The van der Waals surface area contributed by atoms with Crippen LogP contribution in [-0.4, -0.2) is 19.1 Å². The molecular weight excluding hydrogens is 222 g/mol. The van der Waals surface area contributed by atoms with Gasteiger partial charge in [-0.25, -0.2) is 0 Å². The van der Waals surface area contributed by atoms with E-state index < -0.39 is 0 Å². The molecule has 2 unspecified atom stereocenters. The molecule has 1 rings (SSSR count). The zero-order valence-corrected chi connectivity index (χ0v) is 11.1. The van der Waals surface area contributed by atoms with E-state index in [9.17, 15) is 4.79 Å². The second-order valence-electron chi connectivity index (χ2n) is 4.17. The quantitative estimate of drug-likeness (QED) is 0.805. The Bertz CT molecular complexity index is 349. The molecule has 0 aliphatic heterocycles. The average Bonchev–Trinajstić information content (AvgIpc) is 2.63. The molecular formula is C12H19NO2S. The number of carbonyl (C=O) groups is 1. The van der Waals surface area contributed by atoms with Crippen molar-refractivity contribution in [1.82, 2.24) is 0 Å². The predicted octanol–water partition coefficient (Wildman–Crippen LogP) is 3.06. The first-order chi connectivity index (χ1) is 7.54. The maximum absolute atomic E-state index is 11.3. The van der Waals surface area contributed by atoms with E-state index >= 15 is 0 Å². The van der Waals surface area contributed by atoms with Gasteiger partial charge >= 0.3 is 5.97 Å². The van der Waals surface area contributed by atoms with Gasteiger partial charge in [0.15, 0.2) is 0 Å². The summed E-state index contributed by atoms with van der Waals surface area (Å²) in [5.74, 6) is -0.206. The first kappa shape index (κ1) is 13.0. The molecule has 1 heterocycles. The van der Waals surface area contributed by atoms with Crippen LogP contribution in [0.25, 0.3) is 0 Å². The molecule has 1 aromatic heterocycles. The molecule has 0 bridgehead atoms. The molecule has 2 atom stereocenters. The first-order valence-corrected chi connectivity index (χ1v) is 6.36. The Labute approximate surface area is 101 Å². The highest BCUT2D eigenvalue weighted by Gasteiger charge is 2.16. The molecule has 90 valence electrons. The highest BCUT2D eigenvalue weighted by atomic mass is 32.1. The van der Waals surface area contributed by atoms with Crippen molar-refractivity contribution in [3.8, 4) is 0 Å². The first-order valence-electron chi connectivity index (χ1n) is 5.41. The van der Waals surface area contributed by atoms with Crippen LogP contribution in [0.15, 0.2) is 10.8 Å². The monoisotopic (exact) mass is 241 g/mol. The summed E-state index contributed by atoms with van der Waals surface area (Å²) in [6.45, 7) is 6.05. The molecule has 0 spiro atoms. The molecule has 4 heteroatoms. The molecule has 16 heavy (non-hydrogen) atoms. The smallest absolute Gasteiger partial charge is 0.308 e. The van der Waals surface area contributed by atoms with Crippen molar-refractivity contribution >= 4 is 23.0 Å². The van der Waals surface area contributed by atoms with Crippen LogP contribution in [0.3, 0.4) is 0 Å². The van der Waals surface area contributed by atoms with Gasteiger partial charge in [0.05, 0.1) is 13.0 Å². The highest BCUT2D eigenvalue weighted by molar-refractivity contribution is 7.08. The van der Waals surface area contributed by atoms with E-state index in [1.165, 1.54) is 12.7 Å². The molecule has 0 fully saturated rings. The van der Waals surface area contributed by atoms with Crippen molar-refractivity contribution in [3.05, 3.63) is 16.3 Å². The third-order valence-corrected chi connectivity index (χ3v) is 3.43. The third kappa shape index (κ3) is 3.52. The lowest BCUT2D eigenvalue weighted by Gasteiger charge is -2.18. The molecule has 0 aliphatic rings. The SMILES string of the molecule is COC(=O)C(C)CC(C)Nc1cscc1C. The van der Waals surface area contributed by atoms with E-state index in [-0.39, 0.29) is 17.9 Å². The number of carbonyl (C=O) groups excluding carboxylic acids is 1. The molecule has 1 N–H and O–H groups in total. The van der Waals surface area contributed by atoms with E-state index in [4.69, 9.17) is 4.74 Å². The number of nitrogens with one attached hydrogen (secondary N) is 1. The summed E-state index contributed by atoms with van der Waals surface area (Å²) in [7, 11) is 1.43. The van der Waals surface area contributed by atoms with Crippen LogP contribution in [0.5, 0.6) is 0 Å². The van der Waals surface area contributed by atoms with Gasteiger partial charge in [-0.15, -0.1) is 11.3 Å². The normalized spacial score (nSPS) is 14.2. The summed E-state index contributed by atoms with van der Waals surface area (Å²) in [5, 5.41) is 7.60. The number of esters is 1. The van der Waals surface area contributed by atoms with E-state index in [1.54, 1.807) is 11.3 Å². The van der Waals surface area contributed by atoms with Gasteiger partial charge in [0, 0.05) is 17.1 Å². The summed E-state index contributed by atoms with van der Waals surface area (Å²) in [5.41, 5.74) is 2.41. The van der Waals surface area contributed by atoms with Crippen molar-refractivity contribution in [3.63, 3.8) is 0 Å². The average molecular weight is 241 g/mol. The van der Waals surface area contributed by atoms with Gasteiger partial charge in [-0.3, -0.25) is 4.79 Å². The summed E-state index contributed by atoms with van der Waals surface area (Å²) < 4.78 is 4.71. The number of thiophene rings is 1. The van der Waals surface area contributed by atoms with Crippen molar-refractivity contribution in [2.45, 2.75) is 33.2 Å². The number of aryl methyl sites for hydroxylation is 1. The summed E-state index contributed by atoms with van der Waals surface area (Å²) in [4.78, 5) is 11.3. The van der Waals surface area contributed by atoms with Gasteiger partial charge in [-0.1, -0.05) is 6.92 Å². The Morgan fingerprint density at radius 3 is 2.69 bits per heavy atom. The summed E-state index contributed by atoms with van der Waals surface area (Å²) in [6.07, 6.45) is 0.780. The fourth-order valence-corrected chi connectivity index (χ4v) is 2.45. The zero-order chi connectivity index (χ0) is 12.1. The van der Waals surface area contributed by atoms with Crippen LogP contribution < -0.4 is 5.32 Å². The van der Waals surface area contributed by atoms with Crippen molar-refractivity contribution in [1.29, 1.82) is 0 Å². The predicted molar refractivity (Wildman–Crippen MR) is 67.9 cm³/mol. The van der Waals surface area contributed by atoms with Crippen LogP contribution in [0.4, 0.5) is 5.69 Å². The zero-order valence-electron chi connectivity index (χ0n) is 10.2. The molecule has 0 saturated carbocycles. The molecule has 0 aromatic carbocycles. The van der Waals surface area contributed by atoms with Gasteiger partial charge in [0.2, 0.25) is 0 Å². The fraction of sp³-hybridized carbons (Fsp3) is 0.583. The van der Waals surface area contributed by atoms with E-state index in [1.807, 2.05) is 6.92 Å². The van der Waals surface area contributed by atoms with Crippen LogP contribution in [0, 0.1) is 12.8 Å². The Hall–Kier alpha value is -1.03. The maximum atomic E-state index is 11.3. The summed E-state index contributed by atoms with van der Waals surface area (Å²) >= 11 is 1.68. The fourth-order valence-electron chi connectivity index (χ4n) is 1.66. The number of ether oxygens (including phenoxy) is 1.